The Morgan fingerprint density at radius 1 is 1.58 bits per heavy atom. The summed E-state index contributed by atoms with van der Waals surface area (Å²) in [6.07, 6.45) is 7.32. The van der Waals surface area contributed by atoms with Gasteiger partial charge in [-0.3, -0.25) is 0 Å². The zero-order valence-corrected chi connectivity index (χ0v) is 14.9. The largest absolute Gasteiger partial charge is 0.377 e. The topological polar surface area (TPSA) is 73.7 Å². The van der Waals surface area contributed by atoms with Crippen LogP contribution in [0.5, 0.6) is 0 Å². The highest BCUT2D eigenvalue weighted by Crippen LogP contribution is 2.41. The van der Waals surface area contributed by atoms with E-state index in [1.807, 2.05) is 0 Å². The molecule has 0 spiro atoms. The van der Waals surface area contributed by atoms with E-state index in [4.69, 9.17) is 9.47 Å². The maximum Gasteiger partial charge on any atom is 0.262 e. The Bertz CT molecular complexity index is 687. The van der Waals surface area contributed by atoms with E-state index in [1.54, 1.807) is 23.9 Å². The highest BCUT2D eigenvalue weighted by molar-refractivity contribution is 7.89. The van der Waals surface area contributed by atoms with E-state index in [0.717, 1.165) is 19.4 Å². The van der Waals surface area contributed by atoms with Crippen molar-refractivity contribution in [3.05, 3.63) is 25.2 Å². The van der Waals surface area contributed by atoms with Gasteiger partial charge in [0.1, 0.15) is 0 Å². The molecule has 3 rings (SSSR count). The van der Waals surface area contributed by atoms with Crippen LogP contribution in [0.15, 0.2) is 30.2 Å². The first kappa shape index (κ1) is 17.6. The molecule has 0 aliphatic carbocycles. The van der Waals surface area contributed by atoms with Gasteiger partial charge in [0.15, 0.2) is 5.03 Å². The van der Waals surface area contributed by atoms with Crippen LogP contribution in [0, 0.1) is 5.41 Å². The van der Waals surface area contributed by atoms with E-state index in [1.165, 1.54) is 10.6 Å². The molecule has 2 fully saturated rings. The standard InChI is InChI=1S/C16H25N3O4S/c1-3-8-22-12-16-6-4-9-23-14(16)5-7-19(11-16)24(20,21)15-10-18(2)13-17-15/h3,10,13-14H,1,4-9,11-12H2,2H3/t14-,16+/m0/s1. The Labute approximate surface area is 143 Å². The van der Waals surface area contributed by atoms with Crippen LogP contribution >= 0.6 is 0 Å². The number of fused-ring (bicyclic) bond motifs is 1. The van der Waals surface area contributed by atoms with Crippen LogP contribution in [0.4, 0.5) is 0 Å². The van der Waals surface area contributed by atoms with Crippen LogP contribution in [0.1, 0.15) is 19.3 Å². The fourth-order valence-electron chi connectivity index (χ4n) is 3.67. The number of piperidine rings is 1. The highest BCUT2D eigenvalue weighted by Gasteiger charge is 2.49. The van der Waals surface area contributed by atoms with Gasteiger partial charge in [0, 0.05) is 38.4 Å². The first-order valence-corrected chi connectivity index (χ1v) is 9.70. The van der Waals surface area contributed by atoms with Crippen molar-refractivity contribution in [2.24, 2.45) is 12.5 Å². The van der Waals surface area contributed by atoms with Crippen LogP contribution in [-0.4, -0.2) is 61.3 Å². The van der Waals surface area contributed by atoms with Gasteiger partial charge in [0.05, 0.1) is 25.6 Å². The van der Waals surface area contributed by atoms with Gasteiger partial charge in [0.25, 0.3) is 10.0 Å². The van der Waals surface area contributed by atoms with Crippen molar-refractivity contribution in [3.63, 3.8) is 0 Å². The molecular formula is C16H25N3O4S. The monoisotopic (exact) mass is 355 g/mol. The Morgan fingerprint density at radius 3 is 3.12 bits per heavy atom. The zero-order chi connectivity index (χ0) is 17.2. The molecule has 0 N–H and O–H groups in total. The van der Waals surface area contributed by atoms with Crippen LogP contribution in [0.25, 0.3) is 0 Å². The average Bonchev–Trinajstić information content (AvgIpc) is 3.02. The lowest BCUT2D eigenvalue weighted by Gasteiger charge is -2.49. The van der Waals surface area contributed by atoms with E-state index in [9.17, 15) is 8.42 Å². The molecule has 0 saturated carbocycles. The second kappa shape index (κ2) is 6.95. The maximum absolute atomic E-state index is 12.9. The summed E-state index contributed by atoms with van der Waals surface area (Å²) < 4.78 is 40.6. The summed E-state index contributed by atoms with van der Waals surface area (Å²) in [5.41, 5.74) is -0.290. The van der Waals surface area contributed by atoms with Gasteiger partial charge in [-0.25, -0.2) is 13.4 Å². The molecule has 0 radical (unpaired) electrons. The summed E-state index contributed by atoms with van der Waals surface area (Å²) >= 11 is 0. The SMILES string of the molecule is C=CCOC[C@]12CCCO[C@H]1CCN(S(=O)(=O)c1cn(C)cn1)C2. The minimum atomic E-state index is -3.59. The van der Waals surface area contributed by atoms with Crippen LogP contribution in [-0.2, 0) is 26.5 Å². The number of imidazole rings is 1. The van der Waals surface area contributed by atoms with Gasteiger partial charge in [-0.1, -0.05) is 6.08 Å². The Balaban J connectivity index is 1.82. The van der Waals surface area contributed by atoms with Gasteiger partial charge in [-0.15, -0.1) is 6.58 Å². The second-order valence-electron chi connectivity index (χ2n) is 6.63. The third kappa shape index (κ3) is 3.28. The normalized spacial score (nSPS) is 28.5. The molecule has 0 amide bonds. The summed E-state index contributed by atoms with van der Waals surface area (Å²) in [6.45, 7) is 6.21. The third-order valence-electron chi connectivity index (χ3n) is 4.86. The molecule has 2 aliphatic rings. The number of hydrogen-bond acceptors (Lipinski definition) is 5. The summed E-state index contributed by atoms with van der Waals surface area (Å²) in [6, 6.07) is 0. The number of aryl methyl sites for hydroxylation is 1. The highest BCUT2D eigenvalue weighted by atomic mass is 32.2. The van der Waals surface area contributed by atoms with Crippen molar-refractivity contribution in [2.45, 2.75) is 30.4 Å². The minimum Gasteiger partial charge on any atom is -0.377 e. The molecule has 0 bridgehead atoms. The molecule has 7 nitrogen and oxygen atoms in total. The quantitative estimate of drug-likeness (QED) is 0.566. The molecular weight excluding hydrogens is 330 g/mol. The zero-order valence-electron chi connectivity index (χ0n) is 14.1. The fraction of sp³-hybridized carbons (Fsp3) is 0.688. The number of hydrogen-bond donors (Lipinski definition) is 0. The summed E-state index contributed by atoms with van der Waals surface area (Å²) in [5.74, 6) is 0. The lowest BCUT2D eigenvalue weighted by Crippen LogP contribution is -2.58. The van der Waals surface area contributed by atoms with Crippen molar-refractivity contribution < 1.29 is 17.9 Å². The molecule has 3 heterocycles. The van der Waals surface area contributed by atoms with Gasteiger partial charge in [-0.2, -0.15) is 4.31 Å². The van der Waals surface area contributed by atoms with Crippen LogP contribution < -0.4 is 0 Å². The predicted octanol–water partition coefficient (Wildman–Crippen LogP) is 1.18. The average molecular weight is 355 g/mol. The smallest absolute Gasteiger partial charge is 0.262 e. The molecule has 2 atom stereocenters. The third-order valence-corrected chi connectivity index (χ3v) is 6.59. The fourth-order valence-corrected chi connectivity index (χ4v) is 5.18. The number of rotatable bonds is 6. The summed E-state index contributed by atoms with van der Waals surface area (Å²) in [7, 11) is -1.83. The Hall–Kier alpha value is -1.22. The first-order chi connectivity index (χ1) is 11.5. The summed E-state index contributed by atoms with van der Waals surface area (Å²) in [4.78, 5) is 4.02. The molecule has 1 aromatic rings. The number of ether oxygens (including phenoxy) is 2. The molecule has 2 saturated heterocycles. The van der Waals surface area contributed by atoms with Gasteiger partial charge in [0.2, 0.25) is 0 Å². The number of aromatic nitrogens is 2. The van der Waals surface area contributed by atoms with Gasteiger partial charge < -0.3 is 14.0 Å². The molecule has 24 heavy (non-hydrogen) atoms. The lowest BCUT2D eigenvalue weighted by molar-refractivity contribution is -0.140. The molecule has 8 heteroatoms. The molecule has 0 unspecified atom stereocenters. The van der Waals surface area contributed by atoms with Crippen molar-refractivity contribution in [2.75, 3.05) is 32.9 Å². The maximum atomic E-state index is 12.9. The second-order valence-corrected chi connectivity index (χ2v) is 8.52. The summed E-state index contributed by atoms with van der Waals surface area (Å²) in [5, 5.41) is 0.0994. The number of nitrogens with zero attached hydrogens (tertiary/aromatic N) is 3. The van der Waals surface area contributed by atoms with Crippen LogP contribution in [0.2, 0.25) is 0 Å². The van der Waals surface area contributed by atoms with Crippen LogP contribution in [0.3, 0.4) is 0 Å². The molecule has 0 aromatic carbocycles. The number of sulfonamides is 1. The van der Waals surface area contributed by atoms with Crippen molar-refractivity contribution in [3.8, 4) is 0 Å². The van der Waals surface area contributed by atoms with E-state index in [0.29, 0.717) is 32.7 Å². The van der Waals surface area contributed by atoms with E-state index >= 15 is 0 Å². The van der Waals surface area contributed by atoms with Gasteiger partial charge >= 0.3 is 0 Å². The van der Waals surface area contributed by atoms with E-state index < -0.39 is 10.0 Å². The van der Waals surface area contributed by atoms with E-state index in [-0.39, 0.29) is 16.5 Å². The minimum absolute atomic E-state index is 0.0475. The predicted molar refractivity (Wildman–Crippen MR) is 89.0 cm³/mol. The lowest BCUT2D eigenvalue weighted by atomic mass is 9.73. The van der Waals surface area contributed by atoms with E-state index in [2.05, 4.69) is 11.6 Å². The Morgan fingerprint density at radius 2 is 2.42 bits per heavy atom. The van der Waals surface area contributed by atoms with Crippen molar-refractivity contribution >= 4 is 10.0 Å². The van der Waals surface area contributed by atoms with Crippen molar-refractivity contribution in [1.82, 2.24) is 13.9 Å². The van der Waals surface area contributed by atoms with Crippen molar-refractivity contribution in [1.29, 1.82) is 0 Å². The molecule has 2 aliphatic heterocycles. The van der Waals surface area contributed by atoms with Gasteiger partial charge in [-0.05, 0) is 19.3 Å². The molecule has 1 aromatic heterocycles. The Kier molecular flexibility index (Phi) is 5.10. The first-order valence-electron chi connectivity index (χ1n) is 8.26. The molecule has 134 valence electrons.